The molecule has 0 unspecified atom stereocenters. The molecule has 1 aliphatic heterocycles. The highest BCUT2D eigenvalue weighted by Gasteiger charge is 2.24. The van der Waals surface area contributed by atoms with Crippen LogP contribution in [0.15, 0.2) is 65.7 Å². The van der Waals surface area contributed by atoms with Crippen molar-refractivity contribution in [3.05, 3.63) is 88.2 Å². The SMILES string of the molecule is CS(=O)(=O)Oc1cccc2c1-c1ccc(Cl)cc1C(c1ccccc1F)=NC2. The van der Waals surface area contributed by atoms with Gasteiger partial charge < -0.3 is 4.18 Å². The number of fused-ring (bicyclic) bond motifs is 3. The summed E-state index contributed by atoms with van der Waals surface area (Å²) in [6, 6.07) is 16.7. The Kier molecular flexibility index (Phi) is 4.69. The van der Waals surface area contributed by atoms with Gasteiger partial charge >= 0.3 is 10.1 Å². The predicted molar refractivity (Wildman–Crippen MR) is 108 cm³/mol. The third-order valence-corrected chi connectivity index (χ3v) is 5.11. The highest BCUT2D eigenvalue weighted by Crippen LogP contribution is 2.40. The molecule has 0 radical (unpaired) electrons. The molecule has 0 aliphatic carbocycles. The topological polar surface area (TPSA) is 55.7 Å². The Balaban J connectivity index is 2.01. The third kappa shape index (κ3) is 3.53. The predicted octanol–water partition coefficient (Wildman–Crippen LogP) is 4.84. The van der Waals surface area contributed by atoms with Crippen molar-refractivity contribution in [1.29, 1.82) is 0 Å². The van der Waals surface area contributed by atoms with E-state index in [1.807, 2.05) is 6.07 Å². The second-order valence-corrected chi connectivity index (χ2v) is 8.42. The maximum absolute atomic E-state index is 14.5. The summed E-state index contributed by atoms with van der Waals surface area (Å²) in [5.74, 6) is -0.195. The van der Waals surface area contributed by atoms with E-state index in [4.69, 9.17) is 15.8 Å². The van der Waals surface area contributed by atoms with Crippen molar-refractivity contribution in [2.24, 2.45) is 4.99 Å². The number of halogens is 2. The van der Waals surface area contributed by atoms with Gasteiger partial charge in [0.15, 0.2) is 5.75 Å². The van der Waals surface area contributed by atoms with Crippen molar-refractivity contribution in [1.82, 2.24) is 0 Å². The summed E-state index contributed by atoms with van der Waals surface area (Å²) in [5, 5.41) is 0.466. The molecule has 1 heterocycles. The molecule has 0 amide bonds. The lowest BCUT2D eigenvalue weighted by molar-refractivity contribution is 0.493. The summed E-state index contributed by atoms with van der Waals surface area (Å²) in [6.07, 6.45) is 0.993. The summed E-state index contributed by atoms with van der Waals surface area (Å²) >= 11 is 6.22. The van der Waals surface area contributed by atoms with Gasteiger partial charge in [-0.3, -0.25) is 4.99 Å². The van der Waals surface area contributed by atoms with Crippen molar-refractivity contribution in [3.8, 4) is 16.9 Å². The Labute approximate surface area is 167 Å². The lowest BCUT2D eigenvalue weighted by atomic mass is 9.91. The van der Waals surface area contributed by atoms with E-state index in [1.54, 1.807) is 48.5 Å². The monoisotopic (exact) mass is 415 g/mol. The number of rotatable bonds is 3. The molecule has 0 aromatic heterocycles. The highest BCUT2D eigenvalue weighted by atomic mass is 35.5. The minimum atomic E-state index is -3.73. The van der Waals surface area contributed by atoms with Gasteiger partial charge in [-0.25, -0.2) is 4.39 Å². The standard InChI is InChI=1S/C21H15ClFNO3S/c1-28(25,26)27-19-8-4-5-13-12-24-21(16-6-2-3-7-18(16)23)17-11-14(22)9-10-15(17)20(13)19/h2-11H,12H2,1H3. The van der Waals surface area contributed by atoms with Gasteiger partial charge in [-0.15, -0.1) is 0 Å². The molecule has 0 atom stereocenters. The number of benzene rings is 3. The van der Waals surface area contributed by atoms with Crippen LogP contribution in [0.4, 0.5) is 4.39 Å². The first-order valence-electron chi connectivity index (χ1n) is 8.44. The molecule has 0 fully saturated rings. The van der Waals surface area contributed by atoms with Gasteiger partial charge in [-0.2, -0.15) is 8.42 Å². The fourth-order valence-electron chi connectivity index (χ4n) is 3.31. The van der Waals surface area contributed by atoms with Crippen LogP contribution in [-0.4, -0.2) is 20.4 Å². The van der Waals surface area contributed by atoms with Gasteiger partial charge in [-0.05, 0) is 41.5 Å². The molecule has 3 aromatic rings. The van der Waals surface area contributed by atoms with E-state index < -0.39 is 15.9 Å². The zero-order valence-electron chi connectivity index (χ0n) is 14.8. The average molecular weight is 416 g/mol. The lowest BCUT2D eigenvalue weighted by Gasteiger charge is -2.15. The molecule has 142 valence electrons. The van der Waals surface area contributed by atoms with Crippen LogP contribution in [0, 0.1) is 5.82 Å². The first kappa shape index (κ1) is 18.7. The van der Waals surface area contributed by atoms with E-state index in [1.165, 1.54) is 6.07 Å². The van der Waals surface area contributed by atoms with Gasteiger partial charge in [0.2, 0.25) is 0 Å². The number of aliphatic imine (C=N–C) groups is 1. The molecular weight excluding hydrogens is 401 g/mol. The Morgan fingerprint density at radius 2 is 1.79 bits per heavy atom. The van der Waals surface area contributed by atoms with Crippen LogP contribution in [0.1, 0.15) is 16.7 Å². The van der Waals surface area contributed by atoms with Crippen LogP contribution in [0.3, 0.4) is 0 Å². The van der Waals surface area contributed by atoms with Crippen LogP contribution in [-0.2, 0) is 16.7 Å². The Morgan fingerprint density at radius 1 is 1.00 bits per heavy atom. The Bertz CT molecular complexity index is 1220. The minimum absolute atomic E-state index is 0.202. The van der Waals surface area contributed by atoms with Crippen LogP contribution in [0.5, 0.6) is 5.75 Å². The zero-order chi connectivity index (χ0) is 19.9. The molecule has 1 aliphatic rings. The van der Waals surface area contributed by atoms with E-state index in [-0.39, 0.29) is 12.3 Å². The maximum atomic E-state index is 14.5. The molecule has 4 nitrogen and oxygen atoms in total. The Morgan fingerprint density at radius 3 is 2.54 bits per heavy atom. The van der Waals surface area contributed by atoms with Crippen molar-refractivity contribution in [2.45, 2.75) is 6.54 Å². The van der Waals surface area contributed by atoms with Gasteiger partial charge in [0.1, 0.15) is 5.82 Å². The molecule has 3 aromatic carbocycles. The first-order chi connectivity index (χ1) is 13.3. The van der Waals surface area contributed by atoms with Crippen molar-refractivity contribution < 1.29 is 17.0 Å². The van der Waals surface area contributed by atoms with E-state index in [2.05, 4.69) is 4.99 Å². The van der Waals surface area contributed by atoms with Crippen molar-refractivity contribution in [3.63, 3.8) is 0 Å². The molecule has 7 heteroatoms. The average Bonchev–Trinajstić information content (AvgIpc) is 2.78. The van der Waals surface area contributed by atoms with E-state index >= 15 is 0 Å². The van der Waals surface area contributed by atoms with Gasteiger partial charge in [-0.1, -0.05) is 41.9 Å². The smallest absolute Gasteiger partial charge is 0.306 e. The van der Waals surface area contributed by atoms with Crippen molar-refractivity contribution in [2.75, 3.05) is 6.26 Å². The zero-order valence-corrected chi connectivity index (χ0v) is 16.4. The van der Waals surface area contributed by atoms with E-state index in [0.29, 0.717) is 33.0 Å². The fourth-order valence-corrected chi connectivity index (χ4v) is 3.95. The quantitative estimate of drug-likeness (QED) is 0.575. The molecule has 4 rings (SSSR count). The molecule has 0 bridgehead atoms. The summed E-state index contributed by atoms with van der Waals surface area (Å²) < 4.78 is 43.2. The van der Waals surface area contributed by atoms with Gasteiger partial charge in [0, 0.05) is 21.7 Å². The third-order valence-electron chi connectivity index (χ3n) is 4.40. The largest absolute Gasteiger partial charge is 0.382 e. The van der Waals surface area contributed by atoms with Crippen LogP contribution in [0.25, 0.3) is 11.1 Å². The van der Waals surface area contributed by atoms with Crippen molar-refractivity contribution >= 4 is 27.4 Å². The van der Waals surface area contributed by atoms with Crippen LogP contribution < -0.4 is 4.18 Å². The summed E-state index contributed by atoms with van der Waals surface area (Å²) in [5.41, 5.74) is 3.48. The number of hydrogen-bond acceptors (Lipinski definition) is 4. The van der Waals surface area contributed by atoms with E-state index in [0.717, 1.165) is 11.8 Å². The second-order valence-electron chi connectivity index (χ2n) is 6.41. The molecule has 0 saturated carbocycles. The summed E-state index contributed by atoms with van der Waals surface area (Å²) in [6.45, 7) is 0.242. The van der Waals surface area contributed by atoms with Crippen LogP contribution in [0.2, 0.25) is 5.02 Å². The maximum Gasteiger partial charge on any atom is 0.306 e. The van der Waals surface area contributed by atoms with Crippen LogP contribution >= 0.6 is 11.6 Å². The summed E-state index contributed by atoms with van der Waals surface area (Å²) in [4.78, 5) is 4.63. The molecular formula is C21H15ClFNO3S. The molecule has 0 saturated heterocycles. The highest BCUT2D eigenvalue weighted by molar-refractivity contribution is 7.86. The minimum Gasteiger partial charge on any atom is -0.382 e. The first-order valence-corrected chi connectivity index (χ1v) is 10.6. The molecule has 0 N–H and O–H groups in total. The lowest BCUT2D eigenvalue weighted by Crippen LogP contribution is -2.09. The fraction of sp³-hybridized carbons (Fsp3) is 0.0952. The number of nitrogens with zero attached hydrogens (tertiary/aromatic N) is 1. The normalized spacial score (nSPS) is 13.2. The van der Waals surface area contributed by atoms with Gasteiger partial charge in [0.25, 0.3) is 0 Å². The second kappa shape index (κ2) is 7.04. The Hall–Kier alpha value is -2.70. The molecule has 28 heavy (non-hydrogen) atoms. The molecule has 0 spiro atoms. The number of hydrogen-bond donors (Lipinski definition) is 0. The van der Waals surface area contributed by atoms with E-state index in [9.17, 15) is 12.8 Å². The summed E-state index contributed by atoms with van der Waals surface area (Å²) in [7, 11) is -3.73. The van der Waals surface area contributed by atoms with Gasteiger partial charge in [0.05, 0.1) is 18.5 Å².